The molecule has 4 nitrogen and oxygen atoms in total. The van der Waals surface area contributed by atoms with Gasteiger partial charge in [0.1, 0.15) is 5.75 Å². The second-order valence-electron chi connectivity index (χ2n) is 6.06. The molecule has 0 aromatic heterocycles. The van der Waals surface area contributed by atoms with E-state index in [1.54, 1.807) is 18.2 Å². The molecule has 1 fully saturated rings. The van der Waals surface area contributed by atoms with Gasteiger partial charge in [0.05, 0.1) is 5.56 Å². The van der Waals surface area contributed by atoms with Gasteiger partial charge < -0.3 is 10.4 Å². The topological polar surface area (TPSA) is 52.6 Å². The lowest BCUT2D eigenvalue weighted by molar-refractivity contribution is 0.0796. The van der Waals surface area contributed by atoms with Crippen molar-refractivity contribution in [3.8, 4) is 5.75 Å². The van der Waals surface area contributed by atoms with E-state index in [1.807, 2.05) is 0 Å². The fourth-order valence-electron chi connectivity index (χ4n) is 2.67. The molecule has 1 saturated heterocycles. The molecule has 0 bridgehead atoms. The number of para-hydroxylation sites is 1. The summed E-state index contributed by atoms with van der Waals surface area (Å²) in [6.45, 7) is 7.09. The van der Waals surface area contributed by atoms with Crippen LogP contribution in [0.15, 0.2) is 24.3 Å². The number of benzene rings is 1. The fourth-order valence-corrected chi connectivity index (χ4v) is 2.67. The summed E-state index contributed by atoms with van der Waals surface area (Å²) in [6, 6.07) is 6.64. The van der Waals surface area contributed by atoms with Crippen LogP contribution in [0.4, 0.5) is 0 Å². The number of rotatable bonds is 4. The molecule has 0 radical (unpaired) electrons. The first-order valence-electron chi connectivity index (χ1n) is 7.32. The number of amides is 1. The number of nitrogens with zero attached hydrogens (tertiary/aromatic N) is 1. The lowest BCUT2D eigenvalue weighted by Gasteiger charge is -2.41. The minimum absolute atomic E-state index is 0.0285. The van der Waals surface area contributed by atoms with Gasteiger partial charge in [0.25, 0.3) is 5.91 Å². The summed E-state index contributed by atoms with van der Waals surface area (Å²) in [5.74, 6) is -0.186. The van der Waals surface area contributed by atoms with Crippen LogP contribution in [0.2, 0.25) is 0 Å². The Kier molecular flexibility index (Phi) is 4.65. The maximum Gasteiger partial charge on any atom is 0.255 e. The van der Waals surface area contributed by atoms with Gasteiger partial charge in [-0.1, -0.05) is 18.6 Å². The number of carbonyl (C=O) groups is 1. The number of likely N-dealkylation sites (tertiary alicyclic amines) is 1. The first kappa shape index (κ1) is 14.9. The second kappa shape index (κ2) is 6.27. The number of piperidine rings is 1. The maximum atomic E-state index is 12.1. The molecule has 1 aromatic carbocycles. The highest BCUT2D eigenvalue weighted by molar-refractivity contribution is 5.96. The molecule has 1 aliphatic rings. The molecule has 2 N–H and O–H groups in total. The number of phenolic OH excluding ortho intramolecular Hbond substituents is 1. The molecule has 0 unspecified atom stereocenters. The van der Waals surface area contributed by atoms with Gasteiger partial charge in [-0.2, -0.15) is 0 Å². The van der Waals surface area contributed by atoms with E-state index in [1.165, 1.54) is 25.3 Å². The Morgan fingerprint density at radius 1 is 1.25 bits per heavy atom. The summed E-state index contributed by atoms with van der Waals surface area (Å²) in [6.07, 6.45) is 3.77. The third kappa shape index (κ3) is 3.51. The molecule has 1 heterocycles. The van der Waals surface area contributed by atoms with E-state index in [4.69, 9.17) is 0 Å². The van der Waals surface area contributed by atoms with Crippen molar-refractivity contribution in [2.75, 3.05) is 19.6 Å². The number of carbonyl (C=O) groups excluding carboxylic acids is 1. The summed E-state index contributed by atoms with van der Waals surface area (Å²) in [4.78, 5) is 14.5. The lowest BCUT2D eigenvalue weighted by atomic mass is 9.98. The molecule has 1 aromatic rings. The third-order valence-corrected chi connectivity index (χ3v) is 4.04. The number of nitrogens with one attached hydrogen (secondary N) is 1. The highest BCUT2D eigenvalue weighted by atomic mass is 16.3. The average Bonchev–Trinajstić information content (AvgIpc) is 2.46. The predicted molar refractivity (Wildman–Crippen MR) is 79.9 cm³/mol. The van der Waals surface area contributed by atoms with Crippen LogP contribution in [0.1, 0.15) is 43.5 Å². The standard InChI is InChI=1S/C16H24N2O2/c1-16(2,18-10-6-3-7-11-18)12-17-15(20)13-8-4-5-9-14(13)19/h4-5,8-9,19H,3,6-7,10-12H2,1-2H3,(H,17,20). The molecule has 110 valence electrons. The number of phenols is 1. The zero-order chi connectivity index (χ0) is 14.6. The van der Waals surface area contributed by atoms with E-state index in [2.05, 4.69) is 24.1 Å². The maximum absolute atomic E-state index is 12.1. The predicted octanol–water partition coefficient (Wildman–Crippen LogP) is 2.39. The Bertz CT molecular complexity index is 465. The molecular weight excluding hydrogens is 252 g/mol. The average molecular weight is 276 g/mol. The molecular formula is C16H24N2O2. The van der Waals surface area contributed by atoms with Crippen LogP contribution in [0.5, 0.6) is 5.75 Å². The van der Waals surface area contributed by atoms with Crippen LogP contribution in [0.3, 0.4) is 0 Å². The van der Waals surface area contributed by atoms with Crippen LogP contribution in [-0.2, 0) is 0 Å². The van der Waals surface area contributed by atoms with Gasteiger partial charge in [-0.15, -0.1) is 0 Å². The lowest BCUT2D eigenvalue weighted by Crippen LogP contribution is -2.53. The van der Waals surface area contributed by atoms with E-state index in [-0.39, 0.29) is 17.2 Å². The van der Waals surface area contributed by atoms with Gasteiger partial charge >= 0.3 is 0 Å². The van der Waals surface area contributed by atoms with Crippen LogP contribution in [-0.4, -0.2) is 41.1 Å². The van der Waals surface area contributed by atoms with Gasteiger partial charge in [-0.3, -0.25) is 9.69 Å². The Morgan fingerprint density at radius 3 is 2.55 bits per heavy atom. The van der Waals surface area contributed by atoms with Crippen LogP contribution < -0.4 is 5.32 Å². The van der Waals surface area contributed by atoms with E-state index < -0.39 is 0 Å². The first-order chi connectivity index (χ1) is 9.50. The monoisotopic (exact) mass is 276 g/mol. The minimum atomic E-state index is -0.215. The van der Waals surface area contributed by atoms with Gasteiger partial charge in [0, 0.05) is 12.1 Å². The Hall–Kier alpha value is -1.55. The molecule has 0 atom stereocenters. The summed E-state index contributed by atoms with van der Waals surface area (Å²) < 4.78 is 0. The van der Waals surface area contributed by atoms with E-state index in [0.29, 0.717) is 12.1 Å². The van der Waals surface area contributed by atoms with Crippen molar-refractivity contribution in [1.29, 1.82) is 0 Å². The van der Waals surface area contributed by atoms with Gasteiger partial charge in [-0.05, 0) is 51.9 Å². The smallest absolute Gasteiger partial charge is 0.255 e. The zero-order valence-electron chi connectivity index (χ0n) is 12.4. The van der Waals surface area contributed by atoms with Crippen molar-refractivity contribution in [3.63, 3.8) is 0 Å². The highest BCUT2D eigenvalue weighted by Gasteiger charge is 2.28. The Morgan fingerprint density at radius 2 is 1.90 bits per heavy atom. The third-order valence-electron chi connectivity index (χ3n) is 4.04. The second-order valence-corrected chi connectivity index (χ2v) is 6.06. The van der Waals surface area contributed by atoms with Crippen molar-refractivity contribution >= 4 is 5.91 Å². The van der Waals surface area contributed by atoms with Crippen molar-refractivity contribution in [1.82, 2.24) is 10.2 Å². The van der Waals surface area contributed by atoms with Crippen molar-refractivity contribution in [3.05, 3.63) is 29.8 Å². The molecule has 1 aliphatic heterocycles. The van der Waals surface area contributed by atoms with Crippen molar-refractivity contribution in [2.24, 2.45) is 0 Å². The summed E-state index contributed by atoms with van der Waals surface area (Å²) in [5, 5.41) is 12.6. The molecule has 0 saturated carbocycles. The summed E-state index contributed by atoms with van der Waals surface area (Å²) in [7, 11) is 0. The van der Waals surface area contributed by atoms with E-state index in [9.17, 15) is 9.90 Å². The minimum Gasteiger partial charge on any atom is -0.507 e. The van der Waals surface area contributed by atoms with Crippen molar-refractivity contribution in [2.45, 2.75) is 38.6 Å². The van der Waals surface area contributed by atoms with Crippen LogP contribution in [0.25, 0.3) is 0 Å². The molecule has 0 spiro atoms. The molecule has 1 amide bonds. The van der Waals surface area contributed by atoms with Gasteiger partial charge in [-0.25, -0.2) is 0 Å². The number of hydrogen-bond acceptors (Lipinski definition) is 3. The fraction of sp³-hybridized carbons (Fsp3) is 0.562. The number of aromatic hydroxyl groups is 1. The summed E-state index contributed by atoms with van der Waals surface area (Å²) >= 11 is 0. The zero-order valence-corrected chi connectivity index (χ0v) is 12.4. The first-order valence-corrected chi connectivity index (χ1v) is 7.32. The SMILES string of the molecule is CC(C)(CNC(=O)c1ccccc1O)N1CCCCC1. The van der Waals surface area contributed by atoms with E-state index >= 15 is 0 Å². The Balaban J connectivity index is 1.94. The van der Waals surface area contributed by atoms with Crippen LogP contribution >= 0.6 is 0 Å². The summed E-state index contributed by atoms with van der Waals surface area (Å²) in [5.41, 5.74) is 0.280. The van der Waals surface area contributed by atoms with Crippen molar-refractivity contribution < 1.29 is 9.90 Å². The van der Waals surface area contributed by atoms with Gasteiger partial charge in [0.2, 0.25) is 0 Å². The van der Waals surface area contributed by atoms with Gasteiger partial charge in [0.15, 0.2) is 0 Å². The molecule has 20 heavy (non-hydrogen) atoms. The quantitative estimate of drug-likeness (QED) is 0.888. The number of hydrogen-bond donors (Lipinski definition) is 2. The highest BCUT2D eigenvalue weighted by Crippen LogP contribution is 2.20. The molecule has 4 heteroatoms. The Labute approximate surface area is 120 Å². The molecule has 0 aliphatic carbocycles. The van der Waals surface area contributed by atoms with E-state index in [0.717, 1.165) is 13.1 Å². The molecule has 2 rings (SSSR count). The largest absolute Gasteiger partial charge is 0.507 e. The normalized spacial score (nSPS) is 16.9. The van der Waals surface area contributed by atoms with Crippen LogP contribution in [0, 0.1) is 0 Å².